The smallest absolute Gasteiger partial charge is 0.248 e. The molecule has 5 nitrogen and oxygen atoms in total. The second-order valence-corrected chi connectivity index (χ2v) is 6.17. The predicted octanol–water partition coefficient (Wildman–Crippen LogP) is 1.32. The molecule has 1 N–H and O–H groups in total. The van der Waals surface area contributed by atoms with Crippen molar-refractivity contribution < 1.29 is 14.3 Å². The molecular formula is C15H26N2O3. The molecule has 2 fully saturated rings. The number of carbonyl (C=O) groups is 2. The van der Waals surface area contributed by atoms with Gasteiger partial charge in [0.25, 0.3) is 0 Å². The van der Waals surface area contributed by atoms with E-state index in [1.807, 2.05) is 13.8 Å². The Labute approximate surface area is 121 Å². The molecule has 2 aliphatic rings. The van der Waals surface area contributed by atoms with Gasteiger partial charge in [0.05, 0.1) is 6.10 Å². The van der Waals surface area contributed by atoms with Gasteiger partial charge in [-0.2, -0.15) is 0 Å². The fraction of sp³-hybridized carbons (Fsp3) is 0.867. The van der Waals surface area contributed by atoms with Crippen LogP contribution in [0.1, 0.15) is 47.0 Å². The van der Waals surface area contributed by atoms with Crippen LogP contribution in [-0.2, 0) is 14.3 Å². The van der Waals surface area contributed by atoms with Crippen LogP contribution in [0.25, 0.3) is 0 Å². The van der Waals surface area contributed by atoms with E-state index in [1.165, 1.54) is 0 Å². The Morgan fingerprint density at radius 2 is 2.10 bits per heavy atom. The molecule has 0 radical (unpaired) electrons. The van der Waals surface area contributed by atoms with E-state index in [9.17, 15) is 9.59 Å². The second kappa shape index (κ2) is 5.72. The van der Waals surface area contributed by atoms with Gasteiger partial charge in [0, 0.05) is 19.1 Å². The number of rotatable bonds is 4. The number of piperazine rings is 1. The summed E-state index contributed by atoms with van der Waals surface area (Å²) in [5.74, 6) is 0.327. The fourth-order valence-corrected chi connectivity index (χ4v) is 3.15. The molecule has 2 rings (SSSR count). The van der Waals surface area contributed by atoms with Crippen molar-refractivity contribution in [3.8, 4) is 0 Å². The van der Waals surface area contributed by atoms with Crippen LogP contribution in [0, 0.1) is 5.92 Å². The lowest BCUT2D eigenvalue weighted by Gasteiger charge is -2.44. The summed E-state index contributed by atoms with van der Waals surface area (Å²) >= 11 is 0. The van der Waals surface area contributed by atoms with Crippen LogP contribution >= 0.6 is 0 Å². The van der Waals surface area contributed by atoms with Crippen molar-refractivity contribution in [1.82, 2.24) is 10.2 Å². The Morgan fingerprint density at radius 3 is 2.70 bits per heavy atom. The van der Waals surface area contributed by atoms with Gasteiger partial charge in [-0.25, -0.2) is 0 Å². The van der Waals surface area contributed by atoms with Crippen LogP contribution in [0.5, 0.6) is 0 Å². The van der Waals surface area contributed by atoms with E-state index in [1.54, 1.807) is 11.8 Å². The molecule has 4 unspecified atom stereocenters. The van der Waals surface area contributed by atoms with Crippen molar-refractivity contribution in [1.29, 1.82) is 0 Å². The molecule has 2 saturated heterocycles. The lowest BCUT2D eigenvalue weighted by molar-refractivity contribution is -0.154. The van der Waals surface area contributed by atoms with E-state index in [4.69, 9.17) is 4.74 Å². The highest BCUT2D eigenvalue weighted by Crippen LogP contribution is 2.28. The molecule has 0 aromatic carbocycles. The van der Waals surface area contributed by atoms with Crippen molar-refractivity contribution in [3.63, 3.8) is 0 Å². The number of ether oxygens (including phenoxy) is 1. The molecule has 4 atom stereocenters. The Bertz CT molecular complexity index is 399. The third-order valence-corrected chi connectivity index (χ3v) is 4.87. The molecule has 0 bridgehead atoms. The maximum Gasteiger partial charge on any atom is 0.248 e. The minimum atomic E-state index is -0.759. The molecule has 114 valence electrons. The lowest BCUT2D eigenvalue weighted by Crippen LogP contribution is -2.69. The van der Waals surface area contributed by atoms with E-state index < -0.39 is 5.54 Å². The molecule has 0 saturated carbocycles. The normalized spacial score (nSPS) is 38.2. The van der Waals surface area contributed by atoms with Crippen molar-refractivity contribution in [2.45, 2.75) is 64.6 Å². The zero-order valence-corrected chi connectivity index (χ0v) is 12.9. The van der Waals surface area contributed by atoms with Crippen LogP contribution in [0.3, 0.4) is 0 Å². The standard InChI is InChI=1S/C15H26N2O3/c1-5-12-11(7-8-20-12)9-17-10(3)13(18)16-15(4,6-2)14(17)19/h10-12H,5-9H2,1-4H3,(H,16,18). The Hall–Kier alpha value is -1.10. The maximum atomic E-state index is 12.7. The SMILES string of the molecule is CCC1OCCC1CN1C(=O)C(C)(CC)NC(=O)C1C. The number of hydrogen-bond donors (Lipinski definition) is 1. The van der Waals surface area contributed by atoms with E-state index in [0.29, 0.717) is 18.9 Å². The molecule has 0 aromatic rings. The van der Waals surface area contributed by atoms with Crippen molar-refractivity contribution >= 4 is 11.8 Å². The second-order valence-electron chi connectivity index (χ2n) is 6.17. The molecule has 2 amide bonds. The fourth-order valence-electron chi connectivity index (χ4n) is 3.15. The molecule has 2 heterocycles. The Morgan fingerprint density at radius 1 is 1.40 bits per heavy atom. The van der Waals surface area contributed by atoms with Crippen LogP contribution < -0.4 is 5.32 Å². The largest absolute Gasteiger partial charge is 0.378 e. The number of hydrogen-bond acceptors (Lipinski definition) is 3. The predicted molar refractivity (Wildman–Crippen MR) is 76.2 cm³/mol. The highest BCUT2D eigenvalue weighted by atomic mass is 16.5. The van der Waals surface area contributed by atoms with Crippen LogP contribution in [0.15, 0.2) is 0 Å². The highest BCUT2D eigenvalue weighted by Gasteiger charge is 2.46. The summed E-state index contributed by atoms with van der Waals surface area (Å²) in [6.07, 6.45) is 2.75. The van der Waals surface area contributed by atoms with Crippen molar-refractivity contribution in [2.24, 2.45) is 5.92 Å². The first-order valence-electron chi connectivity index (χ1n) is 7.67. The van der Waals surface area contributed by atoms with Gasteiger partial charge in [0.2, 0.25) is 11.8 Å². The summed E-state index contributed by atoms with van der Waals surface area (Å²) in [4.78, 5) is 26.6. The number of nitrogens with one attached hydrogen (secondary N) is 1. The first-order chi connectivity index (χ1) is 9.42. The van der Waals surface area contributed by atoms with Crippen LogP contribution in [-0.4, -0.2) is 47.6 Å². The summed E-state index contributed by atoms with van der Waals surface area (Å²) in [5.41, 5.74) is -0.759. The molecular weight excluding hydrogens is 256 g/mol. The van der Waals surface area contributed by atoms with Gasteiger partial charge in [-0.05, 0) is 33.1 Å². The quantitative estimate of drug-likeness (QED) is 0.846. The summed E-state index contributed by atoms with van der Waals surface area (Å²) in [5, 5.41) is 2.86. The first-order valence-corrected chi connectivity index (χ1v) is 7.67. The highest BCUT2D eigenvalue weighted by molar-refractivity contribution is 5.99. The van der Waals surface area contributed by atoms with Crippen molar-refractivity contribution in [2.75, 3.05) is 13.2 Å². The number of carbonyl (C=O) groups excluding carboxylic acids is 2. The lowest BCUT2D eigenvalue weighted by atomic mass is 9.90. The van der Waals surface area contributed by atoms with E-state index >= 15 is 0 Å². The molecule has 0 aliphatic carbocycles. The molecule has 2 aliphatic heterocycles. The molecule has 0 spiro atoms. The van der Waals surface area contributed by atoms with E-state index in [2.05, 4.69) is 12.2 Å². The van der Waals surface area contributed by atoms with Gasteiger partial charge in [-0.1, -0.05) is 13.8 Å². The average molecular weight is 282 g/mol. The zero-order chi connectivity index (χ0) is 14.9. The first kappa shape index (κ1) is 15.3. The van der Waals surface area contributed by atoms with Gasteiger partial charge in [-0.3, -0.25) is 9.59 Å². The van der Waals surface area contributed by atoms with E-state index in [0.717, 1.165) is 19.4 Å². The van der Waals surface area contributed by atoms with Crippen LogP contribution in [0.2, 0.25) is 0 Å². The Kier molecular flexibility index (Phi) is 4.37. The maximum absolute atomic E-state index is 12.7. The Balaban J connectivity index is 2.15. The summed E-state index contributed by atoms with van der Waals surface area (Å²) in [6, 6.07) is -0.389. The van der Waals surface area contributed by atoms with Gasteiger partial charge >= 0.3 is 0 Å². The minimum Gasteiger partial charge on any atom is -0.378 e. The summed E-state index contributed by atoms with van der Waals surface area (Å²) < 4.78 is 5.69. The zero-order valence-electron chi connectivity index (χ0n) is 12.9. The molecule has 0 aromatic heterocycles. The monoisotopic (exact) mass is 282 g/mol. The third kappa shape index (κ3) is 2.55. The average Bonchev–Trinajstić information content (AvgIpc) is 2.88. The summed E-state index contributed by atoms with van der Waals surface area (Å²) in [7, 11) is 0. The summed E-state index contributed by atoms with van der Waals surface area (Å²) in [6.45, 7) is 9.04. The van der Waals surface area contributed by atoms with Gasteiger partial charge in [-0.15, -0.1) is 0 Å². The van der Waals surface area contributed by atoms with E-state index in [-0.39, 0.29) is 24.0 Å². The third-order valence-electron chi connectivity index (χ3n) is 4.87. The van der Waals surface area contributed by atoms with Gasteiger partial charge < -0.3 is 15.0 Å². The van der Waals surface area contributed by atoms with Gasteiger partial charge in [0.1, 0.15) is 11.6 Å². The minimum absolute atomic E-state index is 0.0360. The molecule has 20 heavy (non-hydrogen) atoms. The number of amides is 2. The topological polar surface area (TPSA) is 58.6 Å². The molecule has 5 heteroatoms. The van der Waals surface area contributed by atoms with Crippen molar-refractivity contribution in [3.05, 3.63) is 0 Å². The van der Waals surface area contributed by atoms with Crippen LogP contribution in [0.4, 0.5) is 0 Å². The van der Waals surface area contributed by atoms with Gasteiger partial charge in [0.15, 0.2) is 0 Å². The number of nitrogens with zero attached hydrogens (tertiary/aromatic N) is 1.